The van der Waals surface area contributed by atoms with Crippen LogP contribution in [0.5, 0.6) is 0 Å². The van der Waals surface area contributed by atoms with Gasteiger partial charge in [-0.15, -0.1) is 0 Å². The molecule has 0 radical (unpaired) electrons. The lowest BCUT2D eigenvalue weighted by Crippen LogP contribution is -2.39. The summed E-state index contributed by atoms with van der Waals surface area (Å²) in [5.41, 5.74) is 1.70. The van der Waals surface area contributed by atoms with Crippen LogP contribution in [0.25, 0.3) is 0 Å². The van der Waals surface area contributed by atoms with Crippen molar-refractivity contribution in [3.63, 3.8) is 0 Å². The van der Waals surface area contributed by atoms with E-state index in [0.29, 0.717) is 23.5 Å². The molecule has 1 atom stereocenters. The average molecular weight is 334 g/mol. The molecule has 1 aromatic heterocycles. The minimum Gasteiger partial charge on any atom is -0.336 e. The van der Waals surface area contributed by atoms with Crippen molar-refractivity contribution >= 4 is 15.9 Å². The molecule has 23 heavy (non-hydrogen) atoms. The quantitative estimate of drug-likeness (QED) is 0.873. The maximum Gasteiger partial charge on any atom is 0.315 e. The van der Waals surface area contributed by atoms with Crippen molar-refractivity contribution < 1.29 is 13.2 Å². The van der Waals surface area contributed by atoms with Gasteiger partial charge in [-0.2, -0.15) is 5.10 Å². The van der Waals surface area contributed by atoms with Gasteiger partial charge in [-0.25, -0.2) is 13.2 Å². The maximum atomic E-state index is 12.1. The molecule has 1 aliphatic heterocycles. The van der Waals surface area contributed by atoms with Gasteiger partial charge in [0.15, 0.2) is 9.84 Å². The van der Waals surface area contributed by atoms with Crippen LogP contribution in [0.3, 0.4) is 0 Å². The number of benzene rings is 1. The summed E-state index contributed by atoms with van der Waals surface area (Å²) in [6, 6.07) is 5.87. The third kappa shape index (κ3) is 3.37. The van der Waals surface area contributed by atoms with E-state index in [4.69, 9.17) is 0 Å². The van der Waals surface area contributed by atoms with Gasteiger partial charge in [0.05, 0.1) is 29.4 Å². The number of aromatic nitrogens is 2. The number of nitrogens with one attached hydrogen (secondary N) is 2. The lowest BCUT2D eigenvalue weighted by molar-refractivity contribution is 0.237. The summed E-state index contributed by atoms with van der Waals surface area (Å²) in [4.78, 5) is 12.3. The Labute approximate surface area is 134 Å². The fourth-order valence-electron chi connectivity index (χ4n) is 2.65. The van der Waals surface area contributed by atoms with Crippen LogP contribution < -0.4 is 10.6 Å². The number of sulfone groups is 1. The molecular formula is C15H18N4O3S. The van der Waals surface area contributed by atoms with Gasteiger partial charge in [-0.3, -0.25) is 4.68 Å². The topological polar surface area (TPSA) is 93.1 Å². The van der Waals surface area contributed by atoms with Gasteiger partial charge in [-0.05, 0) is 24.1 Å². The minimum absolute atomic E-state index is 0.0991. The smallest absolute Gasteiger partial charge is 0.315 e. The highest BCUT2D eigenvalue weighted by molar-refractivity contribution is 7.91. The van der Waals surface area contributed by atoms with Crippen molar-refractivity contribution in [2.75, 3.05) is 12.3 Å². The molecule has 2 heterocycles. The van der Waals surface area contributed by atoms with Crippen molar-refractivity contribution in [2.24, 2.45) is 0 Å². The summed E-state index contributed by atoms with van der Waals surface area (Å²) < 4.78 is 25.9. The van der Waals surface area contributed by atoms with Crippen LogP contribution >= 0.6 is 0 Å². The molecule has 0 fully saturated rings. The van der Waals surface area contributed by atoms with Crippen LogP contribution in [0.2, 0.25) is 0 Å². The summed E-state index contributed by atoms with van der Waals surface area (Å²) in [7, 11) is -3.32. The van der Waals surface area contributed by atoms with Crippen LogP contribution in [0.15, 0.2) is 41.6 Å². The zero-order valence-electron chi connectivity index (χ0n) is 12.7. The van der Waals surface area contributed by atoms with Gasteiger partial charge < -0.3 is 10.6 Å². The molecule has 7 nitrogen and oxygen atoms in total. The van der Waals surface area contributed by atoms with Crippen LogP contribution in [-0.4, -0.2) is 36.5 Å². The number of carbonyl (C=O) groups excluding carboxylic acids is 1. The highest BCUT2D eigenvalue weighted by Crippen LogP contribution is 2.32. The zero-order valence-corrected chi connectivity index (χ0v) is 13.5. The highest BCUT2D eigenvalue weighted by Gasteiger charge is 2.35. The van der Waals surface area contributed by atoms with E-state index in [1.54, 1.807) is 35.1 Å². The zero-order chi connectivity index (χ0) is 16.4. The normalized spacial score (nSPS) is 18.4. The molecule has 2 amide bonds. The first-order valence-electron chi connectivity index (χ1n) is 7.31. The number of rotatable bonds is 4. The Morgan fingerprint density at radius 1 is 1.39 bits per heavy atom. The first-order chi connectivity index (χ1) is 11.0. The van der Waals surface area contributed by atoms with Gasteiger partial charge in [0, 0.05) is 12.7 Å². The first kappa shape index (κ1) is 15.5. The Morgan fingerprint density at radius 2 is 2.17 bits per heavy atom. The predicted molar refractivity (Wildman–Crippen MR) is 84.7 cm³/mol. The lowest BCUT2D eigenvalue weighted by atomic mass is 10.1. The number of nitrogens with zero attached hydrogens (tertiary/aromatic N) is 2. The van der Waals surface area contributed by atoms with E-state index in [2.05, 4.69) is 15.7 Å². The molecule has 0 spiro atoms. The molecule has 122 valence electrons. The molecule has 0 saturated heterocycles. The molecule has 0 bridgehead atoms. The highest BCUT2D eigenvalue weighted by atomic mass is 32.2. The van der Waals surface area contributed by atoms with Crippen LogP contribution in [0, 0.1) is 6.92 Å². The monoisotopic (exact) mass is 334 g/mol. The molecule has 2 aromatic rings. The summed E-state index contributed by atoms with van der Waals surface area (Å²) in [6.45, 7) is 2.91. The molecule has 1 aliphatic rings. The summed E-state index contributed by atoms with van der Waals surface area (Å²) in [5.74, 6) is -0.0991. The van der Waals surface area contributed by atoms with Crippen LogP contribution in [-0.2, 0) is 16.4 Å². The second kappa shape index (κ2) is 6.04. The fraction of sp³-hybridized carbons (Fsp3) is 0.333. The molecule has 1 unspecified atom stereocenters. The van der Waals surface area contributed by atoms with E-state index in [1.807, 2.05) is 13.1 Å². The van der Waals surface area contributed by atoms with Gasteiger partial charge in [0.1, 0.15) is 0 Å². The van der Waals surface area contributed by atoms with Crippen molar-refractivity contribution in [1.29, 1.82) is 0 Å². The maximum absolute atomic E-state index is 12.1. The van der Waals surface area contributed by atoms with E-state index in [-0.39, 0.29) is 11.8 Å². The number of amides is 2. The Hall–Kier alpha value is -2.35. The van der Waals surface area contributed by atoms with Crippen molar-refractivity contribution in [3.05, 3.63) is 47.8 Å². The molecule has 0 aliphatic carbocycles. The Balaban J connectivity index is 1.57. The second-order valence-corrected chi connectivity index (χ2v) is 7.56. The Morgan fingerprint density at radius 3 is 2.91 bits per heavy atom. The molecular weight excluding hydrogens is 316 g/mol. The third-order valence-electron chi connectivity index (χ3n) is 3.71. The molecule has 3 rings (SSSR count). The Bertz CT molecular complexity index is 829. The van der Waals surface area contributed by atoms with Crippen LogP contribution in [0.4, 0.5) is 4.79 Å². The fourth-order valence-corrected chi connectivity index (χ4v) is 4.39. The van der Waals surface area contributed by atoms with E-state index in [0.717, 1.165) is 5.56 Å². The molecule has 1 aromatic carbocycles. The minimum atomic E-state index is -3.32. The van der Waals surface area contributed by atoms with E-state index < -0.39 is 15.9 Å². The van der Waals surface area contributed by atoms with Crippen molar-refractivity contribution in [2.45, 2.75) is 24.4 Å². The standard InChI is InChI=1S/C15H18N4O3S/c1-11-8-17-19(9-11)7-6-16-15(20)18-13-10-23(21,22)14-5-3-2-4-12(13)14/h2-5,8-9,13H,6-7,10H2,1H3,(H2,16,18,20). The summed E-state index contributed by atoms with van der Waals surface area (Å²) in [5, 5.41) is 9.57. The van der Waals surface area contributed by atoms with Crippen molar-refractivity contribution in [3.8, 4) is 0 Å². The molecule has 8 heteroatoms. The number of urea groups is 1. The van der Waals surface area contributed by atoms with E-state index in [1.165, 1.54) is 0 Å². The average Bonchev–Trinajstić information content (AvgIpc) is 3.02. The number of hydrogen-bond donors (Lipinski definition) is 2. The van der Waals surface area contributed by atoms with E-state index in [9.17, 15) is 13.2 Å². The van der Waals surface area contributed by atoms with Crippen molar-refractivity contribution in [1.82, 2.24) is 20.4 Å². The SMILES string of the molecule is Cc1cnn(CCNC(=O)NC2CS(=O)(=O)c3ccccc32)c1. The Kier molecular flexibility index (Phi) is 4.08. The third-order valence-corrected chi connectivity index (χ3v) is 5.52. The number of carbonyl (C=O) groups is 1. The number of fused-ring (bicyclic) bond motifs is 1. The van der Waals surface area contributed by atoms with Crippen LogP contribution in [0.1, 0.15) is 17.2 Å². The summed E-state index contributed by atoms with van der Waals surface area (Å²) >= 11 is 0. The summed E-state index contributed by atoms with van der Waals surface area (Å²) in [6.07, 6.45) is 3.64. The number of aryl methyl sites for hydroxylation is 1. The number of hydrogen-bond acceptors (Lipinski definition) is 4. The van der Waals surface area contributed by atoms with E-state index >= 15 is 0 Å². The second-order valence-electron chi connectivity index (χ2n) is 5.55. The lowest BCUT2D eigenvalue weighted by Gasteiger charge is -2.13. The van der Waals surface area contributed by atoms with Gasteiger partial charge in [-0.1, -0.05) is 18.2 Å². The van der Waals surface area contributed by atoms with Gasteiger partial charge >= 0.3 is 6.03 Å². The molecule has 0 saturated carbocycles. The van der Waals surface area contributed by atoms with Gasteiger partial charge in [0.2, 0.25) is 0 Å². The largest absolute Gasteiger partial charge is 0.336 e. The van der Waals surface area contributed by atoms with Gasteiger partial charge in [0.25, 0.3) is 0 Å². The molecule has 2 N–H and O–H groups in total. The predicted octanol–water partition coefficient (Wildman–Crippen LogP) is 1.02. The first-order valence-corrected chi connectivity index (χ1v) is 8.96.